The number of hydrogen-bond acceptors (Lipinski definition) is 3. The first-order valence-electron chi connectivity index (χ1n) is 9.82. The predicted octanol–water partition coefficient (Wildman–Crippen LogP) is 3.10. The molecule has 2 N–H and O–H groups in total. The molecule has 29 heavy (non-hydrogen) atoms. The second-order valence-corrected chi connectivity index (χ2v) is 8.01. The zero-order valence-electron chi connectivity index (χ0n) is 17.1. The molecule has 2 amide bonds. The molecule has 1 unspecified atom stereocenters. The quantitative estimate of drug-likeness (QED) is 0.578. The summed E-state index contributed by atoms with van der Waals surface area (Å²) in [6, 6.07) is 5.81. The van der Waals surface area contributed by atoms with Crippen LogP contribution in [0.4, 0.5) is 4.39 Å². The molecule has 2 aromatic rings. The maximum atomic E-state index is 14.4. The van der Waals surface area contributed by atoms with E-state index in [2.05, 4.69) is 10.6 Å². The van der Waals surface area contributed by atoms with Gasteiger partial charge in [0.1, 0.15) is 11.4 Å². The van der Waals surface area contributed by atoms with E-state index >= 15 is 0 Å². The van der Waals surface area contributed by atoms with Gasteiger partial charge in [-0.2, -0.15) is 4.73 Å². The molecule has 0 radical (unpaired) electrons. The van der Waals surface area contributed by atoms with Crippen molar-refractivity contribution in [1.82, 2.24) is 10.6 Å². The number of aromatic nitrogens is 1. The van der Waals surface area contributed by atoms with Crippen LogP contribution in [-0.4, -0.2) is 23.9 Å². The maximum Gasteiger partial charge on any atom is 0.257 e. The Hall–Kier alpha value is -2.96. The Morgan fingerprint density at radius 3 is 2.41 bits per heavy atom. The fourth-order valence-electron chi connectivity index (χ4n) is 2.85. The zero-order chi connectivity index (χ0) is 21.3. The summed E-state index contributed by atoms with van der Waals surface area (Å²) in [7, 11) is 0. The molecule has 7 heteroatoms. The van der Waals surface area contributed by atoms with Crippen LogP contribution in [0.2, 0.25) is 0 Å². The van der Waals surface area contributed by atoms with E-state index in [1.165, 1.54) is 30.5 Å². The van der Waals surface area contributed by atoms with Crippen molar-refractivity contribution in [3.63, 3.8) is 0 Å². The van der Waals surface area contributed by atoms with Gasteiger partial charge in [0.25, 0.3) is 11.8 Å². The summed E-state index contributed by atoms with van der Waals surface area (Å²) in [4.78, 5) is 24.7. The van der Waals surface area contributed by atoms with Gasteiger partial charge in [0.05, 0.1) is 5.56 Å². The first kappa shape index (κ1) is 20.8. The minimum Gasteiger partial charge on any atom is -0.618 e. The molecule has 1 saturated carbocycles. The number of rotatable bonds is 6. The second kappa shape index (κ2) is 8.19. The van der Waals surface area contributed by atoms with Gasteiger partial charge in [-0.1, -0.05) is 13.8 Å². The number of hydrogen-bond donors (Lipinski definition) is 2. The first-order valence-corrected chi connectivity index (χ1v) is 9.82. The predicted molar refractivity (Wildman–Crippen MR) is 108 cm³/mol. The van der Waals surface area contributed by atoms with Crippen molar-refractivity contribution in [2.45, 2.75) is 52.6 Å². The monoisotopic (exact) mass is 399 g/mol. The van der Waals surface area contributed by atoms with Crippen LogP contribution in [0.3, 0.4) is 0 Å². The Bertz CT molecular complexity index is 955. The molecule has 3 rings (SSSR count). The Balaban J connectivity index is 1.91. The Morgan fingerprint density at radius 1 is 1.14 bits per heavy atom. The summed E-state index contributed by atoms with van der Waals surface area (Å²) in [6.07, 6.45) is 3.02. The van der Waals surface area contributed by atoms with E-state index in [4.69, 9.17) is 0 Å². The Morgan fingerprint density at radius 2 is 1.83 bits per heavy atom. The Labute approximate surface area is 169 Å². The standard InChI is InChI=1S/C22H26FN3O3/c1-12(2)14(4)24-21(27)15-5-8-20(26(29)11-15)18-9-16(10-19(23)13(18)3)22(28)25-17-6-7-17/h5,8-12,14,17H,6-7H2,1-4H3,(H,24,27)(H,25,28). The number of halogens is 1. The van der Waals surface area contributed by atoms with Crippen LogP contribution in [-0.2, 0) is 0 Å². The lowest BCUT2D eigenvalue weighted by atomic mass is 10.00. The van der Waals surface area contributed by atoms with Crippen molar-refractivity contribution in [2.24, 2.45) is 5.92 Å². The van der Waals surface area contributed by atoms with Crippen LogP contribution in [0, 0.1) is 23.9 Å². The summed E-state index contributed by atoms with van der Waals surface area (Å²) in [5, 5.41) is 18.3. The van der Waals surface area contributed by atoms with Crippen molar-refractivity contribution in [2.75, 3.05) is 0 Å². The minimum atomic E-state index is -0.559. The van der Waals surface area contributed by atoms with Gasteiger partial charge in [0, 0.05) is 23.7 Å². The summed E-state index contributed by atoms with van der Waals surface area (Å²) < 4.78 is 15.0. The third-order valence-electron chi connectivity index (χ3n) is 5.33. The molecule has 1 aromatic heterocycles. The summed E-state index contributed by atoms with van der Waals surface area (Å²) >= 11 is 0. The molecule has 1 aromatic carbocycles. The van der Waals surface area contributed by atoms with E-state index < -0.39 is 5.82 Å². The number of pyridine rings is 1. The highest BCUT2D eigenvalue weighted by molar-refractivity contribution is 5.96. The highest BCUT2D eigenvalue weighted by Crippen LogP contribution is 2.26. The molecule has 1 aliphatic carbocycles. The van der Waals surface area contributed by atoms with E-state index in [9.17, 15) is 19.2 Å². The van der Waals surface area contributed by atoms with Crippen LogP contribution in [0.1, 0.15) is 59.9 Å². The number of carbonyl (C=O) groups is 2. The van der Waals surface area contributed by atoms with Crippen LogP contribution >= 0.6 is 0 Å². The van der Waals surface area contributed by atoms with E-state index in [1.54, 1.807) is 6.92 Å². The minimum absolute atomic E-state index is 0.0414. The summed E-state index contributed by atoms with van der Waals surface area (Å²) in [5.74, 6) is -1.00. The lowest BCUT2D eigenvalue weighted by Crippen LogP contribution is -2.38. The lowest BCUT2D eigenvalue weighted by molar-refractivity contribution is -0.593. The molecule has 0 spiro atoms. The normalized spacial score (nSPS) is 14.6. The molecule has 1 fully saturated rings. The first-order chi connectivity index (χ1) is 13.7. The van der Waals surface area contributed by atoms with E-state index in [0.29, 0.717) is 10.3 Å². The second-order valence-electron chi connectivity index (χ2n) is 8.01. The van der Waals surface area contributed by atoms with Crippen LogP contribution in [0.5, 0.6) is 0 Å². The SMILES string of the molecule is Cc1c(F)cc(C(=O)NC2CC2)cc1-c1ccc(C(=O)NC(C)C(C)C)c[n+]1[O-]. The molecule has 154 valence electrons. The average molecular weight is 399 g/mol. The van der Waals surface area contributed by atoms with Crippen molar-refractivity contribution >= 4 is 11.8 Å². The van der Waals surface area contributed by atoms with Gasteiger partial charge in [-0.25, -0.2) is 4.39 Å². The fraction of sp³-hybridized carbons (Fsp3) is 0.409. The smallest absolute Gasteiger partial charge is 0.257 e. The van der Waals surface area contributed by atoms with E-state index in [0.717, 1.165) is 12.8 Å². The molecule has 0 aliphatic heterocycles. The van der Waals surface area contributed by atoms with E-state index in [1.807, 2.05) is 20.8 Å². The van der Waals surface area contributed by atoms with Gasteiger partial charge < -0.3 is 15.8 Å². The third-order valence-corrected chi connectivity index (χ3v) is 5.33. The summed E-state index contributed by atoms with van der Waals surface area (Å²) in [5.41, 5.74) is 1.15. The number of amides is 2. The molecular formula is C22H26FN3O3. The van der Waals surface area contributed by atoms with Gasteiger partial charge >= 0.3 is 0 Å². The van der Waals surface area contributed by atoms with Crippen molar-refractivity contribution in [3.8, 4) is 11.3 Å². The van der Waals surface area contributed by atoms with Crippen molar-refractivity contribution in [1.29, 1.82) is 0 Å². The van der Waals surface area contributed by atoms with Gasteiger partial charge in [-0.3, -0.25) is 9.59 Å². The van der Waals surface area contributed by atoms with Crippen molar-refractivity contribution < 1.29 is 18.7 Å². The topological polar surface area (TPSA) is 85.1 Å². The number of nitrogens with zero attached hydrogens (tertiary/aromatic N) is 1. The highest BCUT2D eigenvalue weighted by Gasteiger charge is 2.26. The molecule has 0 bridgehead atoms. The van der Waals surface area contributed by atoms with Gasteiger partial charge in [-0.05, 0) is 56.4 Å². The molecule has 1 atom stereocenters. The number of nitrogens with one attached hydrogen (secondary N) is 2. The summed E-state index contributed by atoms with van der Waals surface area (Å²) in [6.45, 7) is 7.43. The molecule has 6 nitrogen and oxygen atoms in total. The number of benzene rings is 1. The zero-order valence-corrected chi connectivity index (χ0v) is 17.1. The lowest BCUT2D eigenvalue weighted by Gasteiger charge is -2.17. The van der Waals surface area contributed by atoms with Crippen molar-refractivity contribution in [3.05, 3.63) is 58.2 Å². The molecule has 1 heterocycles. The highest BCUT2D eigenvalue weighted by atomic mass is 19.1. The number of carbonyl (C=O) groups excluding carboxylic acids is 2. The van der Waals surface area contributed by atoms with Gasteiger partial charge in [0.15, 0.2) is 6.20 Å². The van der Waals surface area contributed by atoms with Gasteiger partial charge in [-0.15, -0.1) is 0 Å². The molecule has 0 saturated heterocycles. The Kier molecular flexibility index (Phi) is 5.86. The van der Waals surface area contributed by atoms with Crippen LogP contribution < -0.4 is 15.4 Å². The van der Waals surface area contributed by atoms with Crippen LogP contribution in [0.25, 0.3) is 11.3 Å². The van der Waals surface area contributed by atoms with E-state index in [-0.39, 0.29) is 52.2 Å². The van der Waals surface area contributed by atoms with Gasteiger partial charge in [0.2, 0.25) is 5.69 Å². The average Bonchev–Trinajstić information content (AvgIpc) is 3.47. The fourth-order valence-corrected chi connectivity index (χ4v) is 2.85. The third kappa shape index (κ3) is 4.72. The maximum absolute atomic E-state index is 14.4. The largest absolute Gasteiger partial charge is 0.618 e. The molecular weight excluding hydrogens is 373 g/mol. The molecule has 1 aliphatic rings. The van der Waals surface area contributed by atoms with Crippen LogP contribution in [0.15, 0.2) is 30.5 Å².